The number of hydrogen-bond acceptors (Lipinski definition) is 4. The Morgan fingerprint density at radius 3 is 2.20 bits per heavy atom. The first kappa shape index (κ1) is 21.5. The van der Waals surface area contributed by atoms with Crippen LogP contribution >= 0.6 is 0 Å². The molecule has 8 aromatic rings. The Balaban J connectivity index is 1.50. The lowest BCUT2D eigenvalue weighted by molar-refractivity contribution is 0.561. The van der Waals surface area contributed by atoms with Gasteiger partial charge < -0.3 is 8.83 Å². The maximum atomic E-state index is 8.46. The van der Waals surface area contributed by atoms with Crippen molar-refractivity contribution in [2.24, 2.45) is 0 Å². The molecule has 5 nitrogen and oxygen atoms in total. The summed E-state index contributed by atoms with van der Waals surface area (Å²) < 4.78 is 63.4. The highest BCUT2D eigenvalue weighted by molar-refractivity contribution is 6.16. The number of furan rings is 1. The zero-order valence-corrected chi connectivity index (χ0v) is 25.5. The lowest BCUT2D eigenvalue weighted by Crippen LogP contribution is -2.09. The van der Waals surface area contributed by atoms with Crippen LogP contribution in [0.4, 0.5) is 0 Å². The fraction of sp³-hybridized carbons (Fsp3) is 0.200. The van der Waals surface area contributed by atoms with E-state index in [4.69, 9.17) is 22.0 Å². The standard InChI is InChI=1S/C40H35N3O2/c1-22(2)30-20-27(26-12-8-7-9-13-26)21-31(23(3)4)37(30)43-33-15-11-10-14-32(33)42-40(43)29-17-16-24(5)35-28-18-19-34-36(41-25(6)44-34)39(28)45-38(29)35/h7-23H,1-6H3/i5D3,6D3. The van der Waals surface area contributed by atoms with Crippen molar-refractivity contribution in [3.8, 4) is 28.2 Å². The summed E-state index contributed by atoms with van der Waals surface area (Å²) in [7, 11) is 0. The SMILES string of the molecule is [2H]C([2H])([2H])c1nc2c(ccc3c2oc2c(-c4nc5ccccc5n4-c4c(C(C)C)cc(-c5ccccc5)cc4C(C)C)ccc(C([2H])([2H])[2H])c23)o1. The van der Waals surface area contributed by atoms with Gasteiger partial charge in [0.2, 0.25) is 0 Å². The minimum absolute atomic E-state index is 0.111. The van der Waals surface area contributed by atoms with Gasteiger partial charge in [-0.05, 0) is 89.0 Å². The van der Waals surface area contributed by atoms with Crippen molar-refractivity contribution in [3.05, 3.63) is 114 Å². The molecular formula is C40H35N3O2. The third-order valence-electron chi connectivity index (χ3n) is 8.69. The Morgan fingerprint density at radius 2 is 1.47 bits per heavy atom. The molecule has 5 heteroatoms. The number of hydrogen-bond donors (Lipinski definition) is 0. The van der Waals surface area contributed by atoms with Gasteiger partial charge in [-0.2, -0.15) is 0 Å². The minimum Gasteiger partial charge on any atom is -0.453 e. The van der Waals surface area contributed by atoms with Crippen molar-refractivity contribution < 1.29 is 17.1 Å². The van der Waals surface area contributed by atoms with Gasteiger partial charge in [-0.1, -0.05) is 76.2 Å². The van der Waals surface area contributed by atoms with Crippen LogP contribution in [-0.4, -0.2) is 14.5 Å². The maximum absolute atomic E-state index is 8.46. The van der Waals surface area contributed by atoms with Gasteiger partial charge in [0.25, 0.3) is 0 Å². The predicted molar refractivity (Wildman–Crippen MR) is 184 cm³/mol. The monoisotopic (exact) mass is 595 g/mol. The van der Waals surface area contributed by atoms with Crippen LogP contribution in [0.3, 0.4) is 0 Å². The molecule has 8 rings (SSSR count). The van der Waals surface area contributed by atoms with Crippen molar-refractivity contribution in [2.75, 3.05) is 0 Å². The molecule has 0 saturated carbocycles. The molecule has 0 saturated heterocycles. The number of nitrogens with zero attached hydrogens (tertiary/aromatic N) is 3. The van der Waals surface area contributed by atoms with Crippen molar-refractivity contribution in [2.45, 2.75) is 53.2 Å². The molecule has 3 aromatic heterocycles. The van der Waals surface area contributed by atoms with Crippen LogP contribution in [0.1, 0.15) is 70.3 Å². The Morgan fingerprint density at radius 1 is 0.711 bits per heavy atom. The average Bonchev–Trinajstić information content (AvgIpc) is 3.80. The van der Waals surface area contributed by atoms with Crippen LogP contribution in [0.15, 0.2) is 99.8 Å². The largest absolute Gasteiger partial charge is 0.453 e. The van der Waals surface area contributed by atoms with Gasteiger partial charge in [-0.15, -0.1) is 0 Å². The number of aromatic nitrogens is 3. The molecule has 3 heterocycles. The molecule has 0 radical (unpaired) electrons. The maximum Gasteiger partial charge on any atom is 0.192 e. The van der Waals surface area contributed by atoms with Gasteiger partial charge in [0.05, 0.1) is 22.3 Å². The van der Waals surface area contributed by atoms with Crippen LogP contribution < -0.4 is 0 Å². The second-order valence-electron chi connectivity index (χ2n) is 12.2. The summed E-state index contributed by atoms with van der Waals surface area (Å²) in [4.78, 5) is 9.52. The van der Waals surface area contributed by atoms with E-state index in [0.717, 1.165) is 39.0 Å². The second kappa shape index (κ2) is 10.2. The first-order valence-electron chi connectivity index (χ1n) is 18.2. The molecule has 0 atom stereocenters. The zero-order chi connectivity index (χ0) is 36.0. The number of rotatable bonds is 5. The molecule has 0 spiro atoms. The number of benzene rings is 5. The summed E-state index contributed by atoms with van der Waals surface area (Å²) in [5.74, 6) is 0.470. The topological polar surface area (TPSA) is 57.0 Å². The molecule has 0 bridgehead atoms. The third-order valence-corrected chi connectivity index (χ3v) is 8.69. The van der Waals surface area contributed by atoms with Crippen LogP contribution in [0.2, 0.25) is 0 Å². The average molecular weight is 596 g/mol. The van der Waals surface area contributed by atoms with E-state index in [9.17, 15) is 0 Å². The van der Waals surface area contributed by atoms with Crippen LogP contribution in [0, 0.1) is 13.7 Å². The summed E-state index contributed by atoms with van der Waals surface area (Å²) in [6.07, 6.45) is 0. The zero-order valence-electron chi connectivity index (χ0n) is 31.5. The van der Waals surface area contributed by atoms with E-state index < -0.39 is 19.6 Å². The minimum atomic E-state index is -2.57. The molecule has 0 fully saturated rings. The molecular weight excluding hydrogens is 554 g/mol. The molecule has 5 aromatic carbocycles. The van der Waals surface area contributed by atoms with E-state index in [1.165, 1.54) is 0 Å². The van der Waals surface area contributed by atoms with Crippen molar-refractivity contribution in [3.63, 3.8) is 0 Å². The first-order chi connectivity index (χ1) is 24.2. The highest BCUT2D eigenvalue weighted by Gasteiger charge is 2.26. The van der Waals surface area contributed by atoms with Crippen LogP contribution in [0.25, 0.3) is 72.3 Å². The van der Waals surface area contributed by atoms with Crippen molar-refractivity contribution in [1.29, 1.82) is 0 Å². The molecule has 222 valence electrons. The van der Waals surface area contributed by atoms with Gasteiger partial charge in [-0.25, -0.2) is 9.97 Å². The Kier molecular flexibility index (Phi) is 4.88. The molecule has 0 amide bonds. The molecule has 45 heavy (non-hydrogen) atoms. The van der Waals surface area contributed by atoms with E-state index in [1.807, 2.05) is 42.5 Å². The quantitative estimate of drug-likeness (QED) is 0.199. The van der Waals surface area contributed by atoms with Crippen LogP contribution in [0.5, 0.6) is 0 Å². The first-order valence-corrected chi connectivity index (χ1v) is 15.2. The highest BCUT2D eigenvalue weighted by Crippen LogP contribution is 2.44. The number of para-hydroxylation sites is 2. The molecule has 0 aliphatic heterocycles. The van der Waals surface area contributed by atoms with E-state index >= 15 is 0 Å². The van der Waals surface area contributed by atoms with Gasteiger partial charge >= 0.3 is 0 Å². The molecule has 0 unspecified atom stereocenters. The highest BCUT2D eigenvalue weighted by atomic mass is 16.4. The van der Waals surface area contributed by atoms with E-state index in [1.54, 1.807) is 24.3 Å². The normalized spacial score (nSPS) is 14.7. The number of imidazole rings is 1. The van der Waals surface area contributed by atoms with E-state index in [2.05, 4.69) is 61.5 Å². The predicted octanol–water partition coefficient (Wildman–Crippen LogP) is 11.3. The Hall–Kier alpha value is -5.16. The summed E-state index contributed by atoms with van der Waals surface area (Å²) in [5.41, 5.74) is 8.97. The lowest BCUT2D eigenvalue weighted by atomic mass is 9.88. The number of oxazole rings is 1. The van der Waals surface area contributed by atoms with Gasteiger partial charge in [0.1, 0.15) is 11.4 Å². The number of fused-ring (bicyclic) bond motifs is 6. The smallest absolute Gasteiger partial charge is 0.192 e. The summed E-state index contributed by atoms with van der Waals surface area (Å²) in [6.45, 7) is 3.71. The fourth-order valence-electron chi connectivity index (χ4n) is 6.55. The molecule has 0 aliphatic carbocycles. The summed E-state index contributed by atoms with van der Waals surface area (Å²) >= 11 is 0. The number of aryl methyl sites for hydroxylation is 2. The Labute approximate surface area is 270 Å². The molecule has 0 N–H and O–H groups in total. The van der Waals surface area contributed by atoms with Crippen LogP contribution in [-0.2, 0) is 0 Å². The second-order valence-corrected chi connectivity index (χ2v) is 12.2. The Bertz CT molecular complexity index is 2600. The van der Waals surface area contributed by atoms with Crippen molar-refractivity contribution in [1.82, 2.24) is 14.5 Å². The fourth-order valence-corrected chi connectivity index (χ4v) is 6.55. The van der Waals surface area contributed by atoms with Gasteiger partial charge in [0, 0.05) is 25.8 Å². The van der Waals surface area contributed by atoms with Crippen molar-refractivity contribution >= 4 is 44.1 Å². The third kappa shape index (κ3) is 4.21. The van der Waals surface area contributed by atoms with E-state index in [-0.39, 0.29) is 34.1 Å². The summed E-state index contributed by atoms with van der Waals surface area (Å²) in [5, 5.41) is 0.894. The molecule has 0 aliphatic rings. The van der Waals surface area contributed by atoms with Gasteiger partial charge in [-0.3, -0.25) is 4.57 Å². The summed E-state index contributed by atoms with van der Waals surface area (Å²) in [6, 6.07) is 29.5. The van der Waals surface area contributed by atoms with E-state index in [0.29, 0.717) is 27.7 Å². The van der Waals surface area contributed by atoms with Gasteiger partial charge in [0.15, 0.2) is 22.6 Å². The lowest BCUT2D eigenvalue weighted by Gasteiger charge is -2.24.